The van der Waals surface area contributed by atoms with Gasteiger partial charge in [-0.2, -0.15) is 26.3 Å². The van der Waals surface area contributed by atoms with E-state index in [9.17, 15) is 36.2 Å². The van der Waals surface area contributed by atoms with Gasteiger partial charge in [0.1, 0.15) is 11.4 Å². The van der Waals surface area contributed by atoms with Crippen LogP contribution in [0.25, 0.3) is 17.0 Å². The molecule has 0 bridgehead atoms. The number of allylic oxidation sites excluding steroid dienone is 1. The summed E-state index contributed by atoms with van der Waals surface area (Å²) in [6.45, 7) is -0.798. The van der Waals surface area contributed by atoms with Crippen molar-refractivity contribution in [3.05, 3.63) is 111 Å². The molecule has 0 spiro atoms. The van der Waals surface area contributed by atoms with Gasteiger partial charge < -0.3 is 5.11 Å². The van der Waals surface area contributed by atoms with Gasteiger partial charge in [-0.15, -0.1) is 10.6 Å². The summed E-state index contributed by atoms with van der Waals surface area (Å²) in [7, 11) is 0. The number of nitrogens with one attached hydrogen (secondary N) is 2. The zero-order valence-corrected chi connectivity index (χ0v) is 22.6. The van der Waals surface area contributed by atoms with Crippen LogP contribution in [0.2, 0.25) is 5.02 Å². The summed E-state index contributed by atoms with van der Waals surface area (Å²) in [5.41, 5.74) is 3.22. The van der Waals surface area contributed by atoms with E-state index in [1.807, 2.05) is 0 Å². The number of hydrazine groups is 2. The maximum Gasteiger partial charge on any atom is 0.416 e. The fourth-order valence-corrected chi connectivity index (χ4v) is 4.79. The van der Waals surface area contributed by atoms with Crippen LogP contribution in [-0.2, 0) is 25.4 Å². The normalized spacial score (nSPS) is 13.9. The van der Waals surface area contributed by atoms with E-state index in [1.165, 1.54) is 9.69 Å². The first-order chi connectivity index (χ1) is 20.4. The molecule has 0 saturated carbocycles. The molecule has 43 heavy (non-hydrogen) atoms. The number of aliphatic hydroxyl groups excluding tert-OH is 1. The fourth-order valence-electron chi connectivity index (χ4n) is 4.60. The van der Waals surface area contributed by atoms with E-state index in [0.29, 0.717) is 28.3 Å². The lowest BCUT2D eigenvalue weighted by molar-refractivity contribution is -0.143. The number of alkyl halides is 6. The largest absolute Gasteiger partial charge is 0.416 e. The van der Waals surface area contributed by atoms with E-state index < -0.39 is 35.8 Å². The summed E-state index contributed by atoms with van der Waals surface area (Å²) < 4.78 is 82.4. The Bertz CT molecular complexity index is 1650. The number of aromatic nitrogens is 3. The highest BCUT2D eigenvalue weighted by Gasteiger charge is 2.38. The second-order valence-corrected chi connectivity index (χ2v) is 9.84. The van der Waals surface area contributed by atoms with Crippen molar-refractivity contribution in [2.45, 2.75) is 25.4 Å². The van der Waals surface area contributed by atoms with Gasteiger partial charge in [-0.25, -0.2) is 4.68 Å². The minimum Gasteiger partial charge on any atom is -0.394 e. The Morgan fingerprint density at radius 1 is 0.884 bits per heavy atom. The summed E-state index contributed by atoms with van der Waals surface area (Å²) in [4.78, 5) is 14.0. The quantitative estimate of drug-likeness (QED) is 0.171. The highest BCUT2D eigenvalue weighted by atomic mass is 35.5. The molecule has 4 aromatic rings. The Kier molecular flexibility index (Phi) is 8.18. The van der Waals surface area contributed by atoms with Gasteiger partial charge in [-0.1, -0.05) is 59.3 Å². The first-order valence-electron chi connectivity index (χ1n) is 12.6. The molecule has 3 aromatic carbocycles. The Hall–Kier alpha value is -4.40. The third-order valence-electron chi connectivity index (χ3n) is 6.45. The molecule has 0 atom stereocenters. The zero-order valence-electron chi connectivity index (χ0n) is 21.8. The van der Waals surface area contributed by atoms with Gasteiger partial charge in [0, 0.05) is 16.1 Å². The van der Waals surface area contributed by atoms with Crippen LogP contribution < -0.4 is 11.0 Å². The Balaban J connectivity index is 1.61. The number of halogens is 7. The number of benzene rings is 3. The van der Waals surface area contributed by atoms with Crippen LogP contribution in [0.3, 0.4) is 0 Å². The van der Waals surface area contributed by atoms with Crippen LogP contribution in [0.5, 0.6) is 0 Å². The third kappa shape index (κ3) is 6.35. The van der Waals surface area contributed by atoms with Crippen molar-refractivity contribution in [2.24, 2.45) is 0 Å². The zero-order chi connectivity index (χ0) is 30.9. The number of ketones is 1. The van der Waals surface area contributed by atoms with Gasteiger partial charge in [-0.3, -0.25) is 15.2 Å². The predicted molar refractivity (Wildman–Crippen MR) is 144 cm³/mol. The Morgan fingerprint density at radius 3 is 2.14 bits per heavy atom. The smallest absolute Gasteiger partial charge is 0.394 e. The van der Waals surface area contributed by atoms with Crippen molar-refractivity contribution >= 4 is 23.1 Å². The molecule has 0 amide bonds. The van der Waals surface area contributed by atoms with Crippen LogP contribution in [0.4, 0.5) is 26.3 Å². The number of hydrogen-bond acceptors (Lipinski definition) is 7. The van der Waals surface area contributed by atoms with Crippen LogP contribution in [-0.4, -0.2) is 37.5 Å². The van der Waals surface area contributed by atoms with Crippen LogP contribution in [0, 0.1) is 0 Å². The number of Topliss-reactive ketones (excluding diaryl/α,β-unsaturated/α-hetero) is 1. The minimum atomic E-state index is -5.02. The van der Waals surface area contributed by atoms with Gasteiger partial charge >= 0.3 is 12.4 Å². The van der Waals surface area contributed by atoms with Gasteiger partial charge in [0.15, 0.2) is 5.69 Å². The second-order valence-electron chi connectivity index (χ2n) is 9.40. The molecule has 2 heterocycles. The number of aliphatic hydroxyl groups is 1. The lowest BCUT2D eigenvalue weighted by atomic mass is 10.0. The molecular formula is C28H21ClF6N6O2. The average molecular weight is 623 g/mol. The molecule has 1 aromatic heterocycles. The number of carbonyl (C=O) groups excluding carboxylic acids is 1. The summed E-state index contributed by atoms with van der Waals surface area (Å²) in [5, 5.41) is 19.2. The van der Waals surface area contributed by atoms with Crippen molar-refractivity contribution in [1.29, 1.82) is 0 Å². The maximum absolute atomic E-state index is 14.0. The number of hydrogen-bond donors (Lipinski definition) is 3. The lowest BCUT2D eigenvalue weighted by Crippen LogP contribution is -2.38. The fraction of sp³-hybridized carbons (Fsp3) is 0.179. The highest BCUT2D eigenvalue weighted by Crippen LogP contribution is 2.37. The highest BCUT2D eigenvalue weighted by molar-refractivity contribution is 6.30. The van der Waals surface area contributed by atoms with Crippen LogP contribution in [0.1, 0.15) is 32.7 Å². The molecule has 1 aliphatic heterocycles. The first-order valence-corrected chi connectivity index (χ1v) is 13.0. The number of carbonyl (C=O) groups is 1. The topological polar surface area (TPSA) is 95.3 Å². The molecule has 8 nitrogen and oxygen atoms in total. The SMILES string of the molecule is O=C(C1=C(c2ccccc2)N(Cc2cc(C(F)(F)F)cc(C(F)(F)F)c2)NN1)c1nnn(CCO)c1-c1cccc(Cl)c1. The molecule has 0 unspecified atom stereocenters. The van der Waals surface area contributed by atoms with Gasteiger partial charge in [0.2, 0.25) is 5.78 Å². The average Bonchev–Trinajstić information content (AvgIpc) is 3.57. The van der Waals surface area contributed by atoms with E-state index in [0.717, 1.165) is 0 Å². The van der Waals surface area contributed by atoms with Crippen molar-refractivity contribution in [2.75, 3.05) is 6.61 Å². The van der Waals surface area contributed by atoms with E-state index >= 15 is 0 Å². The first kappa shape index (κ1) is 30.1. The van der Waals surface area contributed by atoms with E-state index in [1.54, 1.807) is 54.6 Å². The van der Waals surface area contributed by atoms with Gasteiger partial charge in [-0.05, 0) is 35.9 Å². The Morgan fingerprint density at radius 2 is 1.53 bits per heavy atom. The molecule has 0 radical (unpaired) electrons. The minimum absolute atomic E-state index is 0.00159. The second kappa shape index (κ2) is 11.7. The molecule has 0 saturated heterocycles. The summed E-state index contributed by atoms with van der Waals surface area (Å²) >= 11 is 6.16. The third-order valence-corrected chi connectivity index (χ3v) is 6.68. The van der Waals surface area contributed by atoms with Crippen molar-refractivity contribution in [1.82, 2.24) is 31.0 Å². The van der Waals surface area contributed by atoms with Gasteiger partial charge in [0.05, 0.1) is 36.5 Å². The molecule has 224 valence electrons. The molecule has 5 rings (SSSR count). The lowest BCUT2D eigenvalue weighted by Gasteiger charge is -2.23. The maximum atomic E-state index is 14.0. The molecule has 1 aliphatic rings. The van der Waals surface area contributed by atoms with Crippen LogP contribution >= 0.6 is 11.6 Å². The molecule has 3 N–H and O–H groups in total. The van der Waals surface area contributed by atoms with E-state index in [-0.39, 0.29) is 47.6 Å². The standard InChI is InChI=1S/C28H21ClF6N6O2/c29-21-8-4-7-18(13-21)25-23(36-38-40(25)9-10-42)26(43)22-24(17-5-2-1-3-6-17)41(39-37-22)15-16-11-19(27(30,31)32)14-20(12-16)28(33,34)35/h1-8,11-14,37,39,42H,9-10,15H2. The van der Waals surface area contributed by atoms with Crippen molar-refractivity contribution in [3.63, 3.8) is 0 Å². The van der Waals surface area contributed by atoms with E-state index in [2.05, 4.69) is 21.3 Å². The molecule has 0 aliphatic carbocycles. The van der Waals surface area contributed by atoms with E-state index in [4.69, 9.17) is 11.6 Å². The summed E-state index contributed by atoms with van der Waals surface area (Å²) in [6.07, 6.45) is -10.0. The molecule has 0 fully saturated rings. The van der Waals surface area contributed by atoms with Crippen molar-refractivity contribution in [3.8, 4) is 11.3 Å². The summed E-state index contributed by atoms with van der Waals surface area (Å²) in [6, 6.07) is 16.1. The summed E-state index contributed by atoms with van der Waals surface area (Å²) in [5.74, 6) is -0.687. The molecule has 15 heteroatoms. The Labute approximate surface area is 245 Å². The number of nitrogens with zero attached hydrogens (tertiary/aromatic N) is 4. The number of rotatable bonds is 8. The predicted octanol–water partition coefficient (Wildman–Crippen LogP) is 5.70. The van der Waals surface area contributed by atoms with Crippen molar-refractivity contribution < 1.29 is 36.2 Å². The van der Waals surface area contributed by atoms with Crippen LogP contribution in [0.15, 0.2) is 78.5 Å². The monoisotopic (exact) mass is 622 g/mol. The van der Waals surface area contributed by atoms with Gasteiger partial charge in [0.25, 0.3) is 0 Å². The molecular weight excluding hydrogens is 602 g/mol.